The van der Waals surface area contributed by atoms with E-state index in [0.29, 0.717) is 18.4 Å². The van der Waals surface area contributed by atoms with E-state index < -0.39 is 87.3 Å². The Labute approximate surface area is 311 Å². The summed E-state index contributed by atoms with van der Waals surface area (Å²) in [6.07, 6.45) is 12.4. The standard InChI is InChI=1S/C42H66O10/c1-10-12-13-14-15-16-17-18-19-20-21-22-29(43)49-33-27(5)40(46)28-23-26(4)32(44)41(28,47)36-39(24-48-38(8,9)52-36)34(50-39)30(40)31-37(6,7)42(31,33)51-35(45)25(3)11-2/h23,25,27-28,30-31,33-34,36,46-47H,10-22,24H2,1-9H3/t25-,27+,28-,30+,31-,33+,34-,36+,39-,40-,41+,42+/m0/s1. The lowest BCUT2D eigenvalue weighted by Crippen LogP contribution is -2.70. The SMILES string of the molecule is CCCCCCCCCCCCCC(=O)O[C@@H]1[C@@H](C)[C@@]2(O)[C@@H]([C@@H]3O[C@@]34COC(C)(C)O[C@H]4[C@]3(O)C(=O)C(C)=C[C@H]32)[C@H]2C(C)(C)[C@]12OC(=O)[C@@H](C)CC. The molecule has 2 aliphatic heterocycles. The highest BCUT2D eigenvalue weighted by molar-refractivity contribution is 6.05. The van der Waals surface area contributed by atoms with Crippen molar-refractivity contribution in [3.8, 4) is 0 Å². The monoisotopic (exact) mass is 730 g/mol. The third kappa shape index (κ3) is 5.95. The summed E-state index contributed by atoms with van der Waals surface area (Å²) in [5, 5.41) is 26.1. The van der Waals surface area contributed by atoms with Gasteiger partial charge in [-0.2, -0.15) is 0 Å². The first-order valence-corrected chi connectivity index (χ1v) is 20.5. The molecule has 5 fully saturated rings. The molecule has 0 aromatic rings. The van der Waals surface area contributed by atoms with Crippen LogP contribution in [0.4, 0.5) is 0 Å². The van der Waals surface area contributed by atoms with Gasteiger partial charge in [0.1, 0.15) is 17.8 Å². The normalized spacial score (nSPS) is 42.3. The van der Waals surface area contributed by atoms with E-state index in [1.807, 2.05) is 27.7 Å². The van der Waals surface area contributed by atoms with E-state index in [1.54, 1.807) is 33.8 Å². The number of epoxide rings is 1. The minimum atomic E-state index is -2.16. The number of unbranched alkanes of at least 4 members (excludes halogenated alkanes) is 10. The molecule has 2 saturated heterocycles. The van der Waals surface area contributed by atoms with Crippen LogP contribution >= 0.6 is 0 Å². The fourth-order valence-electron chi connectivity index (χ4n) is 11.0. The molecule has 294 valence electrons. The number of hydrogen-bond acceptors (Lipinski definition) is 10. The summed E-state index contributed by atoms with van der Waals surface area (Å²) in [6.45, 7) is 16.9. The van der Waals surface area contributed by atoms with E-state index in [0.717, 1.165) is 19.3 Å². The van der Waals surface area contributed by atoms with E-state index >= 15 is 0 Å². The second kappa shape index (κ2) is 14.0. The molecule has 1 spiro atoms. The molecular weight excluding hydrogens is 664 g/mol. The van der Waals surface area contributed by atoms with Gasteiger partial charge >= 0.3 is 11.9 Å². The maximum absolute atomic E-state index is 14.1. The molecule has 0 radical (unpaired) electrons. The van der Waals surface area contributed by atoms with Crippen molar-refractivity contribution in [1.29, 1.82) is 0 Å². The Hall–Kier alpha value is -1.85. The lowest BCUT2D eigenvalue weighted by molar-refractivity contribution is -0.329. The second-order valence-corrected chi connectivity index (χ2v) is 18.3. The second-order valence-electron chi connectivity index (χ2n) is 18.3. The first kappa shape index (κ1) is 39.8. The smallest absolute Gasteiger partial charge is 0.309 e. The number of rotatable bonds is 16. The van der Waals surface area contributed by atoms with Crippen molar-refractivity contribution in [2.75, 3.05) is 6.61 Å². The van der Waals surface area contributed by atoms with Crippen molar-refractivity contribution in [2.45, 2.75) is 192 Å². The lowest BCUT2D eigenvalue weighted by Gasteiger charge is -2.54. The van der Waals surface area contributed by atoms with Crippen molar-refractivity contribution < 1.29 is 48.3 Å². The van der Waals surface area contributed by atoms with Crippen LogP contribution in [0, 0.1) is 35.0 Å². The van der Waals surface area contributed by atoms with Crippen LogP contribution in [0.1, 0.15) is 146 Å². The topological polar surface area (TPSA) is 141 Å². The molecule has 0 aromatic heterocycles. The number of Topliss-reactive ketones (excluding diaryl/α,β-unsaturated/α-hetero) is 1. The van der Waals surface area contributed by atoms with Crippen LogP contribution < -0.4 is 0 Å². The summed E-state index contributed by atoms with van der Waals surface area (Å²) in [5.41, 5.74) is -6.83. The molecule has 52 heavy (non-hydrogen) atoms. The highest BCUT2D eigenvalue weighted by Crippen LogP contribution is 2.80. The zero-order valence-corrected chi connectivity index (χ0v) is 33.3. The molecule has 3 saturated carbocycles. The van der Waals surface area contributed by atoms with Crippen LogP contribution in [0.3, 0.4) is 0 Å². The van der Waals surface area contributed by atoms with Gasteiger partial charge in [0.2, 0.25) is 0 Å². The average Bonchev–Trinajstić information content (AvgIpc) is 3.90. The first-order chi connectivity index (χ1) is 24.4. The molecule has 2 N–H and O–H groups in total. The first-order valence-electron chi connectivity index (χ1n) is 20.5. The molecule has 6 aliphatic rings. The Bertz CT molecular complexity index is 1420. The van der Waals surface area contributed by atoms with E-state index in [1.165, 1.54) is 44.9 Å². The molecule has 0 bridgehead atoms. The number of carbonyl (C=O) groups is 3. The van der Waals surface area contributed by atoms with Crippen LogP contribution in [0.25, 0.3) is 0 Å². The van der Waals surface area contributed by atoms with Crippen molar-refractivity contribution >= 4 is 17.7 Å². The van der Waals surface area contributed by atoms with E-state index in [4.69, 9.17) is 23.7 Å². The Kier molecular flexibility index (Phi) is 10.7. The van der Waals surface area contributed by atoms with Crippen LogP contribution in [0.2, 0.25) is 0 Å². The van der Waals surface area contributed by atoms with Crippen LogP contribution in [0.5, 0.6) is 0 Å². The van der Waals surface area contributed by atoms with Crippen LogP contribution in [0.15, 0.2) is 11.6 Å². The summed E-state index contributed by atoms with van der Waals surface area (Å²) in [5.74, 6) is -5.97. The Balaban J connectivity index is 1.28. The minimum absolute atomic E-state index is 0.0574. The molecule has 6 rings (SSSR count). The van der Waals surface area contributed by atoms with Gasteiger partial charge in [0.05, 0.1) is 24.2 Å². The van der Waals surface area contributed by atoms with Gasteiger partial charge in [-0.15, -0.1) is 0 Å². The summed E-state index contributed by atoms with van der Waals surface area (Å²) in [6, 6.07) is 0. The number of hydrogen-bond donors (Lipinski definition) is 2. The van der Waals surface area contributed by atoms with E-state index in [9.17, 15) is 24.6 Å². The molecular formula is C42H66O10. The molecule has 2 heterocycles. The minimum Gasteiger partial charge on any atom is -0.458 e. The maximum atomic E-state index is 14.1. The molecule has 0 amide bonds. The summed E-state index contributed by atoms with van der Waals surface area (Å²) >= 11 is 0. The van der Waals surface area contributed by atoms with Gasteiger partial charge in [-0.25, -0.2) is 0 Å². The Morgan fingerprint density at radius 1 is 0.942 bits per heavy atom. The maximum Gasteiger partial charge on any atom is 0.309 e. The molecule has 10 heteroatoms. The largest absolute Gasteiger partial charge is 0.458 e. The third-order valence-electron chi connectivity index (χ3n) is 14.3. The van der Waals surface area contributed by atoms with Gasteiger partial charge in [0.15, 0.2) is 22.8 Å². The van der Waals surface area contributed by atoms with Crippen LogP contribution in [-0.4, -0.2) is 81.0 Å². The predicted octanol–water partition coefficient (Wildman–Crippen LogP) is 6.76. The van der Waals surface area contributed by atoms with Gasteiger partial charge < -0.3 is 33.9 Å². The highest BCUT2D eigenvalue weighted by atomic mass is 16.8. The zero-order valence-electron chi connectivity index (χ0n) is 33.3. The number of fused-ring (bicyclic) bond motifs is 7. The number of aliphatic hydroxyl groups is 2. The van der Waals surface area contributed by atoms with Gasteiger partial charge in [-0.1, -0.05) is 112 Å². The van der Waals surface area contributed by atoms with E-state index in [-0.39, 0.29) is 24.9 Å². The Morgan fingerprint density at radius 2 is 1.54 bits per heavy atom. The van der Waals surface area contributed by atoms with E-state index in [2.05, 4.69) is 6.92 Å². The molecule has 10 nitrogen and oxygen atoms in total. The van der Waals surface area contributed by atoms with Crippen molar-refractivity contribution in [2.24, 2.45) is 35.0 Å². The summed E-state index contributed by atoms with van der Waals surface area (Å²) in [7, 11) is 0. The van der Waals surface area contributed by atoms with Crippen molar-refractivity contribution in [1.82, 2.24) is 0 Å². The van der Waals surface area contributed by atoms with Gasteiger partial charge in [-0.05, 0) is 39.2 Å². The fraction of sp³-hybridized carbons (Fsp3) is 0.881. The number of ether oxygens (including phenoxy) is 5. The number of ketones is 1. The molecule has 0 unspecified atom stereocenters. The number of carbonyl (C=O) groups excluding carboxylic acids is 3. The van der Waals surface area contributed by atoms with Gasteiger partial charge in [0.25, 0.3) is 0 Å². The molecule has 4 aliphatic carbocycles. The average molecular weight is 731 g/mol. The summed E-state index contributed by atoms with van der Waals surface area (Å²) < 4.78 is 32.1. The molecule has 0 aromatic carbocycles. The quantitative estimate of drug-likeness (QED) is 0.0995. The highest BCUT2D eigenvalue weighted by Gasteiger charge is 2.94. The fourth-order valence-corrected chi connectivity index (χ4v) is 11.0. The Morgan fingerprint density at radius 3 is 2.13 bits per heavy atom. The van der Waals surface area contributed by atoms with Gasteiger partial charge in [-0.3, -0.25) is 14.4 Å². The van der Waals surface area contributed by atoms with Gasteiger partial charge in [0, 0.05) is 35.5 Å². The van der Waals surface area contributed by atoms with Crippen molar-refractivity contribution in [3.05, 3.63) is 11.6 Å². The van der Waals surface area contributed by atoms with Crippen LogP contribution in [-0.2, 0) is 38.1 Å². The molecule has 12 atom stereocenters. The zero-order chi connectivity index (χ0) is 38.1. The third-order valence-corrected chi connectivity index (χ3v) is 14.3. The predicted molar refractivity (Wildman–Crippen MR) is 194 cm³/mol. The summed E-state index contributed by atoms with van der Waals surface area (Å²) in [4.78, 5) is 41.6. The lowest BCUT2D eigenvalue weighted by atomic mass is 9.58. The van der Waals surface area contributed by atoms with Crippen molar-refractivity contribution in [3.63, 3.8) is 0 Å². The number of esters is 2.